The molecule has 5 heteroatoms. The summed E-state index contributed by atoms with van der Waals surface area (Å²) >= 11 is 0. The molecule has 1 fully saturated rings. The van der Waals surface area contributed by atoms with Crippen molar-refractivity contribution in [2.24, 2.45) is 0 Å². The summed E-state index contributed by atoms with van der Waals surface area (Å²) in [5.41, 5.74) is 0.654. The Balaban J connectivity index is 2.04. The molecule has 110 valence electrons. The molecule has 5 nitrogen and oxygen atoms in total. The zero-order valence-corrected chi connectivity index (χ0v) is 11.9. The summed E-state index contributed by atoms with van der Waals surface area (Å²) in [6.07, 6.45) is 4.23. The molecule has 1 aliphatic rings. The van der Waals surface area contributed by atoms with Crippen molar-refractivity contribution in [3.8, 4) is 0 Å². The Bertz CT molecular complexity index is 458. The van der Waals surface area contributed by atoms with Crippen molar-refractivity contribution in [3.05, 3.63) is 39.9 Å². The largest absolute Gasteiger partial charge is 0.387 e. The average Bonchev–Trinajstić information content (AvgIpc) is 2.98. The third-order valence-electron chi connectivity index (χ3n) is 4.12. The molecule has 0 radical (unpaired) electrons. The SMILES string of the molecule is CCN(CC(O)c1cccc([N+](=O)[O-])c1)C1CCCC1. The van der Waals surface area contributed by atoms with Crippen molar-refractivity contribution in [1.29, 1.82) is 0 Å². The summed E-state index contributed by atoms with van der Waals surface area (Å²) in [4.78, 5) is 12.6. The van der Waals surface area contributed by atoms with Crippen molar-refractivity contribution < 1.29 is 10.0 Å². The van der Waals surface area contributed by atoms with E-state index >= 15 is 0 Å². The Hall–Kier alpha value is -1.46. The minimum absolute atomic E-state index is 0.0328. The molecule has 0 bridgehead atoms. The number of aliphatic hydroxyl groups excluding tert-OH is 1. The molecule has 1 aromatic rings. The number of rotatable bonds is 6. The number of non-ortho nitro benzene ring substituents is 1. The van der Waals surface area contributed by atoms with Crippen LogP contribution in [-0.2, 0) is 0 Å². The Morgan fingerprint density at radius 2 is 2.15 bits per heavy atom. The molecule has 0 amide bonds. The lowest BCUT2D eigenvalue weighted by molar-refractivity contribution is -0.385. The van der Waals surface area contributed by atoms with Crippen LogP contribution in [0.25, 0.3) is 0 Å². The second kappa shape index (κ2) is 6.81. The maximum atomic E-state index is 10.8. The van der Waals surface area contributed by atoms with E-state index in [1.807, 2.05) is 0 Å². The maximum absolute atomic E-state index is 10.8. The molecule has 1 atom stereocenters. The third kappa shape index (κ3) is 3.55. The number of nitro benzene ring substituents is 1. The van der Waals surface area contributed by atoms with Crippen molar-refractivity contribution >= 4 is 5.69 Å². The molecular weight excluding hydrogens is 256 g/mol. The van der Waals surface area contributed by atoms with E-state index in [0.29, 0.717) is 18.2 Å². The van der Waals surface area contributed by atoms with Gasteiger partial charge in [0.25, 0.3) is 5.69 Å². The van der Waals surface area contributed by atoms with E-state index in [1.165, 1.54) is 37.8 Å². The lowest BCUT2D eigenvalue weighted by Gasteiger charge is -2.29. The Morgan fingerprint density at radius 3 is 2.75 bits per heavy atom. The van der Waals surface area contributed by atoms with Crippen LogP contribution in [0.4, 0.5) is 5.69 Å². The minimum atomic E-state index is -0.671. The van der Waals surface area contributed by atoms with Gasteiger partial charge in [0.15, 0.2) is 0 Å². The summed E-state index contributed by atoms with van der Waals surface area (Å²) in [6.45, 7) is 3.54. The molecule has 1 aromatic carbocycles. The van der Waals surface area contributed by atoms with E-state index in [1.54, 1.807) is 12.1 Å². The van der Waals surface area contributed by atoms with Gasteiger partial charge in [-0.1, -0.05) is 31.9 Å². The fraction of sp³-hybridized carbons (Fsp3) is 0.600. The molecule has 0 heterocycles. The highest BCUT2D eigenvalue weighted by molar-refractivity contribution is 5.35. The Kier molecular flexibility index (Phi) is 5.09. The Labute approximate surface area is 119 Å². The molecular formula is C15H22N2O3. The number of nitro groups is 1. The van der Waals surface area contributed by atoms with Crippen LogP contribution in [0.2, 0.25) is 0 Å². The van der Waals surface area contributed by atoms with Crippen molar-refractivity contribution in [1.82, 2.24) is 4.90 Å². The molecule has 0 spiro atoms. The molecule has 20 heavy (non-hydrogen) atoms. The fourth-order valence-corrected chi connectivity index (χ4v) is 2.98. The van der Waals surface area contributed by atoms with Crippen molar-refractivity contribution in [2.45, 2.75) is 44.8 Å². The second-order valence-corrected chi connectivity index (χ2v) is 5.39. The molecule has 2 rings (SSSR count). The number of hydrogen-bond acceptors (Lipinski definition) is 4. The van der Waals surface area contributed by atoms with Gasteiger partial charge in [-0.25, -0.2) is 0 Å². The molecule has 1 N–H and O–H groups in total. The van der Waals surface area contributed by atoms with Crippen molar-refractivity contribution in [3.63, 3.8) is 0 Å². The van der Waals surface area contributed by atoms with Crippen LogP contribution < -0.4 is 0 Å². The van der Waals surface area contributed by atoms with E-state index in [0.717, 1.165) is 6.54 Å². The summed E-state index contributed by atoms with van der Waals surface area (Å²) in [5, 5.41) is 21.1. The topological polar surface area (TPSA) is 66.6 Å². The number of nitrogens with zero attached hydrogens (tertiary/aromatic N) is 2. The van der Waals surface area contributed by atoms with Gasteiger partial charge in [0.05, 0.1) is 11.0 Å². The van der Waals surface area contributed by atoms with Crippen LogP contribution >= 0.6 is 0 Å². The standard InChI is InChI=1S/C15H22N2O3/c1-2-16(13-7-3-4-8-13)11-15(18)12-6-5-9-14(10-12)17(19)20/h5-6,9-10,13,15,18H,2-4,7-8,11H2,1H3. The summed E-state index contributed by atoms with van der Waals surface area (Å²) < 4.78 is 0. The monoisotopic (exact) mass is 278 g/mol. The molecule has 1 aliphatic carbocycles. The van der Waals surface area contributed by atoms with Crippen LogP contribution in [0, 0.1) is 10.1 Å². The minimum Gasteiger partial charge on any atom is -0.387 e. The van der Waals surface area contributed by atoms with Crippen LogP contribution in [0.15, 0.2) is 24.3 Å². The lowest BCUT2D eigenvalue weighted by Crippen LogP contribution is -2.36. The van der Waals surface area contributed by atoms with Gasteiger partial charge in [-0.05, 0) is 24.9 Å². The summed E-state index contributed by atoms with van der Waals surface area (Å²) in [7, 11) is 0. The highest BCUT2D eigenvalue weighted by Gasteiger charge is 2.24. The van der Waals surface area contributed by atoms with E-state index in [2.05, 4.69) is 11.8 Å². The van der Waals surface area contributed by atoms with E-state index in [9.17, 15) is 15.2 Å². The summed E-state index contributed by atoms with van der Waals surface area (Å²) in [5.74, 6) is 0. The first-order valence-electron chi connectivity index (χ1n) is 7.28. The van der Waals surface area contributed by atoms with Gasteiger partial charge < -0.3 is 5.11 Å². The van der Waals surface area contributed by atoms with Crippen LogP contribution in [0.3, 0.4) is 0 Å². The molecule has 0 aliphatic heterocycles. The molecule has 1 unspecified atom stereocenters. The first kappa shape index (κ1) is 14.9. The molecule has 0 saturated heterocycles. The highest BCUT2D eigenvalue weighted by Crippen LogP contribution is 2.26. The highest BCUT2D eigenvalue weighted by atomic mass is 16.6. The predicted octanol–water partition coefficient (Wildman–Crippen LogP) is 2.89. The van der Waals surface area contributed by atoms with Gasteiger partial charge in [-0.15, -0.1) is 0 Å². The van der Waals surface area contributed by atoms with Crippen LogP contribution in [-0.4, -0.2) is 34.1 Å². The predicted molar refractivity (Wildman–Crippen MR) is 77.6 cm³/mol. The van der Waals surface area contributed by atoms with E-state index in [-0.39, 0.29) is 5.69 Å². The van der Waals surface area contributed by atoms with Crippen LogP contribution in [0.5, 0.6) is 0 Å². The number of benzene rings is 1. The molecule has 0 aromatic heterocycles. The number of likely N-dealkylation sites (N-methyl/N-ethyl adjacent to an activating group) is 1. The number of hydrogen-bond donors (Lipinski definition) is 1. The number of aliphatic hydroxyl groups is 1. The average molecular weight is 278 g/mol. The smallest absolute Gasteiger partial charge is 0.269 e. The lowest BCUT2D eigenvalue weighted by atomic mass is 10.1. The first-order valence-corrected chi connectivity index (χ1v) is 7.28. The molecule has 1 saturated carbocycles. The van der Waals surface area contributed by atoms with E-state index < -0.39 is 11.0 Å². The summed E-state index contributed by atoms with van der Waals surface area (Å²) in [6, 6.07) is 6.84. The van der Waals surface area contributed by atoms with E-state index in [4.69, 9.17) is 0 Å². The van der Waals surface area contributed by atoms with Crippen LogP contribution in [0.1, 0.15) is 44.3 Å². The zero-order chi connectivity index (χ0) is 14.5. The van der Waals surface area contributed by atoms with Gasteiger partial charge >= 0.3 is 0 Å². The maximum Gasteiger partial charge on any atom is 0.269 e. The first-order chi connectivity index (χ1) is 9.61. The van der Waals surface area contributed by atoms with Gasteiger partial charge in [0.1, 0.15) is 0 Å². The Morgan fingerprint density at radius 1 is 1.45 bits per heavy atom. The second-order valence-electron chi connectivity index (χ2n) is 5.39. The normalized spacial score (nSPS) is 17.6. The van der Waals surface area contributed by atoms with Gasteiger partial charge in [-0.2, -0.15) is 0 Å². The zero-order valence-electron chi connectivity index (χ0n) is 11.9. The quantitative estimate of drug-likeness (QED) is 0.642. The fourth-order valence-electron chi connectivity index (χ4n) is 2.98. The van der Waals surface area contributed by atoms with Gasteiger partial charge in [0.2, 0.25) is 0 Å². The third-order valence-corrected chi connectivity index (χ3v) is 4.12. The van der Waals surface area contributed by atoms with Crippen molar-refractivity contribution in [2.75, 3.05) is 13.1 Å². The van der Waals surface area contributed by atoms with Gasteiger partial charge in [-0.3, -0.25) is 15.0 Å². The van der Waals surface area contributed by atoms with Gasteiger partial charge in [0, 0.05) is 24.7 Å².